The Bertz CT molecular complexity index is 726. The van der Waals surface area contributed by atoms with Crippen molar-refractivity contribution < 1.29 is 23.9 Å². The average Bonchev–Trinajstić information content (AvgIpc) is 3.09. The maximum absolute atomic E-state index is 13.2. The predicted molar refractivity (Wildman–Crippen MR) is 86.0 cm³/mol. The van der Waals surface area contributed by atoms with Crippen LogP contribution in [0.15, 0.2) is 24.3 Å². The summed E-state index contributed by atoms with van der Waals surface area (Å²) in [6, 6.07) is 5.42. The molecule has 2 saturated heterocycles. The van der Waals surface area contributed by atoms with Gasteiger partial charge in [-0.2, -0.15) is 0 Å². The highest BCUT2D eigenvalue weighted by atomic mass is 19.1. The second kappa shape index (κ2) is 6.34. The maximum atomic E-state index is 13.2. The van der Waals surface area contributed by atoms with E-state index in [1.54, 1.807) is 19.1 Å². The van der Waals surface area contributed by atoms with Crippen LogP contribution in [0.2, 0.25) is 0 Å². The lowest BCUT2D eigenvalue weighted by molar-refractivity contribution is -0.149. The van der Waals surface area contributed by atoms with Gasteiger partial charge in [0.05, 0.1) is 5.92 Å². The Morgan fingerprint density at radius 2 is 2.16 bits per heavy atom. The second-order valence-electron chi connectivity index (χ2n) is 6.54. The molecule has 0 aliphatic carbocycles. The average molecular weight is 349 g/mol. The van der Waals surface area contributed by atoms with Gasteiger partial charge in [-0.05, 0) is 24.6 Å². The molecule has 3 rings (SSSR count). The van der Waals surface area contributed by atoms with Crippen molar-refractivity contribution in [1.82, 2.24) is 15.1 Å². The minimum Gasteiger partial charge on any atom is -0.481 e. The zero-order chi connectivity index (χ0) is 18.2. The van der Waals surface area contributed by atoms with Gasteiger partial charge in [-0.25, -0.2) is 9.18 Å². The number of amides is 3. The number of carbonyl (C=O) groups excluding carboxylic acids is 2. The first-order valence-corrected chi connectivity index (χ1v) is 8.17. The van der Waals surface area contributed by atoms with E-state index in [0.29, 0.717) is 12.1 Å². The van der Waals surface area contributed by atoms with Gasteiger partial charge < -0.3 is 20.2 Å². The first-order valence-electron chi connectivity index (χ1n) is 8.17. The number of nitrogens with one attached hydrogen (secondary N) is 1. The second-order valence-corrected chi connectivity index (χ2v) is 6.54. The smallest absolute Gasteiger partial charge is 0.317 e. The number of benzene rings is 1. The Hall–Kier alpha value is -2.64. The molecule has 2 aliphatic rings. The van der Waals surface area contributed by atoms with Crippen molar-refractivity contribution in [2.75, 3.05) is 26.2 Å². The van der Waals surface area contributed by atoms with E-state index in [0.717, 1.165) is 0 Å². The zero-order valence-corrected chi connectivity index (χ0v) is 13.9. The summed E-state index contributed by atoms with van der Waals surface area (Å²) in [4.78, 5) is 39.4. The van der Waals surface area contributed by atoms with Gasteiger partial charge in [0, 0.05) is 32.7 Å². The third-order valence-corrected chi connectivity index (χ3v) is 5.05. The van der Waals surface area contributed by atoms with E-state index in [1.165, 1.54) is 21.9 Å². The van der Waals surface area contributed by atoms with Crippen molar-refractivity contribution in [3.05, 3.63) is 35.6 Å². The van der Waals surface area contributed by atoms with Gasteiger partial charge in [0.2, 0.25) is 5.91 Å². The van der Waals surface area contributed by atoms with E-state index in [1.807, 2.05) is 0 Å². The normalized spacial score (nSPS) is 25.2. The fourth-order valence-corrected chi connectivity index (χ4v) is 3.67. The molecule has 2 atom stereocenters. The van der Waals surface area contributed by atoms with Crippen molar-refractivity contribution in [3.8, 4) is 0 Å². The quantitative estimate of drug-likeness (QED) is 0.845. The van der Waals surface area contributed by atoms with Crippen molar-refractivity contribution in [1.29, 1.82) is 0 Å². The molecule has 1 aromatic carbocycles. The van der Waals surface area contributed by atoms with Crippen LogP contribution in [0.3, 0.4) is 0 Å². The fraction of sp³-hybridized carbons (Fsp3) is 0.471. The lowest BCUT2D eigenvalue weighted by Gasteiger charge is -2.24. The number of hydrogen-bond donors (Lipinski definition) is 2. The maximum Gasteiger partial charge on any atom is 0.317 e. The number of fused-ring (bicyclic) bond motifs is 1. The standard InChI is InChI=1S/C17H20FN3O4/c1-2-20-9-17(15(23)24)10-21(8-13(17)14(20)22)16(25)19-7-11-4-3-5-12(18)6-11/h3-6,13H,2,7-10H2,1H3,(H,19,25)(H,23,24)/t13-,17+/m0/s1. The summed E-state index contributed by atoms with van der Waals surface area (Å²) >= 11 is 0. The molecule has 2 aliphatic heterocycles. The van der Waals surface area contributed by atoms with Crippen LogP contribution in [0.25, 0.3) is 0 Å². The first-order chi connectivity index (χ1) is 11.9. The van der Waals surface area contributed by atoms with Crippen LogP contribution in [-0.4, -0.2) is 59.0 Å². The molecule has 0 spiro atoms. The van der Waals surface area contributed by atoms with Crippen molar-refractivity contribution in [3.63, 3.8) is 0 Å². The topological polar surface area (TPSA) is 90.0 Å². The first kappa shape index (κ1) is 17.2. The molecule has 1 aromatic rings. The van der Waals surface area contributed by atoms with Crippen molar-refractivity contribution in [2.24, 2.45) is 11.3 Å². The molecule has 2 N–H and O–H groups in total. The summed E-state index contributed by atoms with van der Waals surface area (Å²) in [5, 5.41) is 12.3. The van der Waals surface area contributed by atoms with Crippen LogP contribution in [0.5, 0.6) is 0 Å². The van der Waals surface area contributed by atoms with Gasteiger partial charge in [0.1, 0.15) is 11.2 Å². The summed E-state index contributed by atoms with van der Waals surface area (Å²) in [7, 11) is 0. The number of halogens is 1. The largest absolute Gasteiger partial charge is 0.481 e. The predicted octanol–water partition coefficient (Wildman–Crippen LogP) is 0.900. The summed E-state index contributed by atoms with van der Waals surface area (Å²) in [6.45, 7) is 2.58. The molecule has 25 heavy (non-hydrogen) atoms. The Balaban J connectivity index is 1.68. The van der Waals surface area contributed by atoms with Crippen LogP contribution in [0.4, 0.5) is 9.18 Å². The minimum absolute atomic E-state index is 0.00970. The Morgan fingerprint density at radius 1 is 1.40 bits per heavy atom. The summed E-state index contributed by atoms with van der Waals surface area (Å²) < 4.78 is 13.2. The van der Waals surface area contributed by atoms with E-state index >= 15 is 0 Å². The number of hydrogen-bond acceptors (Lipinski definition) is 3. The Labute approximate surface area is 144 Å². The lowest BCUT2D eigenvalue weighted by Crippen LogP contribution is -2.44. The van der Waals surface area contributed by atoms with Gasteiger partial charge in [0.25, 0.3) is 0 Å². The number of nitrogens with zero attached hydrogens (tertiary/aromatic N) is 2. The van der Waals surface area contributed by atoms with E-state index in [9.17, 15) is 23.9 Å². The molecule has 0 aromatic heterocycles. The van der Waals surface area contributed by atoms with Gasteiger partial charge >= 0.3 is 12.0 Å². The summed E-state index contributed by atoms with van der Waals surface area (Å²) in [5.41, 5.74) is -0.641. The van der Waals surface area contributed by atoms with Crippen molar-refractivity contribution >= 4 is 17.9 Å². The fourth-order valence-electron chi connectivity index (χ4n) is 3.67. The van der Waals surface area contributed by atoms with Crippen LogP contribution in [-0.2, 0) is 16.1 Å². The molecule has 0 radical (unpaired) electrons. The third-order valence-electron chi connectivity index (χ3n) is 5.05. The highest BCUT2D eigenvalue weighted by Gasteiger charge is 2.62. The molecule has 0 saturated carbocycles. The number of rotatable bonds is 4. The Morgan fingerprint density at radius 3 is 2.76 bits per heavy atom. The molecular formula is C17H20FN3O4. The molecule has 134 valence electrons. The Kier molecular flexibility index (Phi) is 4.36. The number of urea groups is 1. The lowest BCUT2D eigenvalue weighted by atomic mass is 9.81. The number of carbonyl (C=O) groups is 3. The zero-order valence-electron chi connectivity index (χ0n) is 13.9. The number of likely N-dealkylation sites (tertiary alicyclic amines) is 2. The van der Waals surface area contributed by atoms with Gasteiger partial charge in [-0.3, -0.25) is 9.59 Å². The van der Waals surface area contributed by atoms with Gasteiger partial charge in [-0.15, -0.1) is 0 Å². The molecule has 3 amide bonds. The van der Waals surface area contributed by atoms with E-state index in [-0.39, 0.29) is 32.1 Å². The van der Waals surface area contributed by atoms with Crippen LogP contribution in [0, 0.1) is 17.2 Å². The van der Waals surface area contributed by atoms with Gasteiger partial charge in [-0.1, -0.05) is 12.1 Å². The number of aliphatic carboxylic acids is 1. The highest BCUT2D eigenvalue weighted by Crippen LogP contribution is 2.43. The molecular weight excluding hydrogens is 329 g/mol. The monoisotopic (exact) mass is 349 g/mol. The number of carboxylic acids is 1. The molecule has 8 heteroatoms. The van der Waals surface area contributed by atoms with Crippen LogP contribution >= 0.6 is 0 Å². The van der Waals surface area contributed by atoms with E-state index in [4.69, 9.17) is 0 Å². The summed E-state index contributed by atoms with van der Waals surface area (Å²) in [6.07, 6.45) is 0. The van der Waals surface area contributed by atoms with Crippen LogP contribution < -0.4 is 5.32 Å². The summed E-state index contributed by atoms with van der Waals surface area (Å²) in [5.74, 6) is -2.38. The van der Waals surface area contributed by atoms with Gasteiger partial charge in [0.15, 0.2) is 0 Å². The third kappa shape index (κ3) is 2.92. The van der Waals surface area contributed by atoms with E-state index in [2.05, 4.69) is 5.32 Å². The minimum atomic E-state index is -1.25. The van der Waals surface area contributed by atoms with E-state index < -0.39 is 29.2 Å². The van der Waals surface area contributed by atoms with Crippen molar-refractivity contribution in [2.45, 2.75) is 13.5 Å². The molecule has 0 unspecified atom stereocenters. The highest BCUT2D eigenvalue weighted by molar-refractivity contribution is 5.93. The van der Waals surface area contributed by atoms with Crippen LogP contribution in [0.1, 0.15) is 12.5 Å². The molecule has 0 bridgehead atoms. The molecule has 2 fully saturated rings. The number of carboxylic acid groups (broad SMARTS) is 1. The molecule has 7 nitrogen and oxygen atoms in total. The SMILES string of the molecule is CCN1C[C@@]2(C(=O)O)CN(C(=O)NCc3cccc(F)c3)C[C@H]2C1=O. The molecule has 2 heterocycles.